The average molecular weight is 571 g/mol. The molecule has 3 aromatic rings. The highest BCUT2D eigenvalue weighted by Crippen LogP contribution is 2.44. The number of phenols is 1. The van der Waals surface area contributed by atoms with Crippen LogP contribution in [0.5, 0.6) is 5.75 Å². The highest BCUT2D eigenvalue weighted by atomic mass is 32.2. The first-order chi connectivity index (χ1) is 18.3. The third kappa shape index (κ3) is 5.60. The molecule has 0 saturated carbocycles. The Labute approximate surface area is 232 Å². The topological polar surface area (TPSA) is 141 Å². The molecule has 4 N–H and O–H groups in total. The largest absolute Gasteiger partial charge is 0.507 e. The average Bonchev–Trinajstić information content (AvgIpc) is 3.56. The number of hydrogen-bond donors (Lipinski definition) is 4. The summed E-state index contributed by atoms with van der Waals surface area (Å²) in [6.45, 7) is 8.44. The zero-order valence-electron chi connectivity index (χ0n) is 22.6. The second kappa shape index (κ2) is 10.1. The molecule has 208 valence electrons. The first-order valence-corrected chi connectivity index (χ1v) is 15.8. The van der Waals surface area contributed by atoms with E-state index in [0.717, 1.165) is 29.7 Å². The van der Waals surface area contributed by atoms with E-state index in [2.05, 4.69) is 41.6 Å². The number of para-hydroxylation sites is 1. The number of amides is 2. The number of phenolic OH excluding ortho intramolecular Hbond substituents is 1. The molecule has 2 aliphatic rings. The van der Waals surface area contributed by atoms with Crippen molar-refractivity contribution in [1.29, 1.82) is 0 Å². The Morgan fingerprint density at radius 3 is 2.64 bits per heavy atom. The van der Waals surface area contributed by atoms with E-state index in [1.165, 1.54) is 11.3 Å². The molecule has 11 heteroatoms. The lowest BCUT2D eigenvalue weighted by Gasteiger charge is -2.33. The van der Waals surface area contributed by atoms with E-state index in [1.807, 2.05) is 0 Å². The molecule has 39 heavy (non-hydrogen) atoms. The molecule has 1 saturated heterocycles. The molecule has 0 radical (unpaired) electrons. The highest BCUT2D eigenvalue weighted by molar-refractivity contribution is 7.91. The monoisotopic (exact) mass is 570 g/mol. The molecule has 1 aliphatic carbocycles. The summed E-state index contributed by atoms with van der Waals surface area (Å²) in [5.41, 5.74) is 3.31. The summed E-state index contributed by atoms with van der Waals surface area (Å²) in [5.74, 6) is -0.265. The molecule has 1 aromatic carbocycles. The van der Waals surface area contributed by atoms with Gasteiger partial charge in [-0.2, -0.15) is 5.10 Å². The Morgan fingerprint density at radius 1 is 1.18 bits per heavy atom. The van der Waals surface area contributed by atoms with Gasteiger partial charge in [-0.3, -0.25) is 14.7 Å². The number of nitrogens with zero attached hydrogens (tertiary/aromatic N) is 1. The van der Waals surface area contributed by atoms with Crippen LogP contribution >= 0.6 is 11.3 Å². The first-order valence-electron chi connectivity index (χ1n) is 13.1. The Kier molecular flexibility index (Phi) is 7.09. The number of benzene rings is 1. The lowest BCUT2D eigenvalue weighted by Crippen LogP contribution is -2.36. The molecule has 1 aliphatic heterocycles. The van der Waals surface area contributed by atoms with Crippen LogP contribution in [0.1, 0.15) is 70.5 Å². The van der Waals surface area contributed by atoms with Crippen LogP contribution in [0.25, 0.3) is 11.3 Å². The minimum Gasteiger partial charge on any atom is -0.507 e. The number of rotatable bonds is 5. The molecule has 2 unspecified atom stereocenters. The zero-order chi connectivity index (χ0) is 28.1. The first kappa shape index (κ1) is 27.4. The fraction of sp³-hybridized carbons (Fsp3) is 0.464. The van der Waals surface area contributed by atoms with Gasteiger partial charge in [-0.25, -0.2) is 8.42 Å². The number of aromatic nitrogens is 2. The maximum atomic E-state index is 13.5. The number of carbonyl (C=O) groups is 2. The smallest absolute Gasteiger partial charge is 0.274 e. The van der Waals surface area contributed by atoms with Crippen LogP contribution in [0.15, 0.2) is 24.3 Å². The van der Waals surface area contributed by atoms with Crippen molar-refractivity contribution in [2.45, 2.75) is 59.4 Å². The summed E-state index contributed by atoms with van der Waals surface area (Å²) in [6.07, 6.45) is 2.86. The zero-order valence-corrected chi connectivity index (χ0v) is 24.2. The molecule has 9 nitrogen and oxygen atoms in total. The number of aromatic hydroxyl groups is 1. The van der Waals surface area contributed by atoms with Crippen molar-refractivity contribution in [3.05, 3.63) is 51.5 Å². The Hall–Kier alpha value is -3.18. The summed E-state index contributed by atoms with van der Waals surface area (Å²) < 4.78 is 23.9. The van der Waals surface area contributed by atoms with Gasteiger partial charge in [0.05, 0.1) is 22.8 Å². The van der Waals surface area contributed by atoms with Crippen LogP contribution in [0, 0.1) is 18.3 Å². The van der Waals surface area contributed by atoms with Crippen molar-refractivity contribution in [1.82, 2.24) is 15.5 Å². The number of aryl methyl sites for hydroxylation is 1. The fourth-order valence-corrected chi connectivity index (χ4v) is 8.43. The molecule has 0 bridgehead atoms. The van der Waals surface area contributed by atoms with Gasteiger partial charge in [-0.1, -0.05) is 32.9 Å². The maximum Gasteiger partial charge on any atom is 0.274 e. The van der Waals surface area contributed by atoms with Crippen molar-refractivity contribution >= 4 is 38.0 Å². The van der Waals surface area contributed by atoms with Gasteiger partial charge in [-0.15, -0.1) is 11.3 Å². The van der Waals surface area contributed by atoms with E-state index in [1.54, 1.807) is 31.2 Å². The predicted octanol–water partition coefficient (Wildman–Crippen LogP) is 4.47. The van der Waals surface area contributed by atoms with Gasteiger partial charge in [0.2, 0.25) is 0 Å². The van der Waals surface area contributed by atoms with Crippen molar-refractivity contribution in [3.63, 3.8) is 0 Å². The van der Waals surface area contributed by atoms with Crippen LogP contribution in [0.3, 0.4) is 0 Å². The van der Waals surface area contributed by atoms with E-state index in [0.29, 0.717) is 39.7 Å². The van der Waals surface area contributed by atoms with E-state index < -0.39 is 21.8 Å². The third-order valence-corrected chi connectivity index (χ3v) is 10.8. The number of aromatic amines is 1. The van der Waals surface area contributed by atoms with Crippen molar-refractivity contribution < 1.29 is 23.1 Å². The second-order valence-corrected chi connectivity index (χ2v) is 15.0. The number of nitrogens with one attached hydrogen (secondary N) is 3. The van der Waals surface area contributed by atoms with E-state index in [-0.39, 0.29) is 34.3 Å². The Balaban J connectivity index is 1.43. The molecule has 1 fully saturated rings. The minimum absolute atomic E-state index is 0.0647. The van der Waals surface area contributed by atoms with Crippen molar-refractivity contribution in [2.24, 2.45) is 11.3 Å². The number of carbonyl (C=O) groups excluding carboxylic acids is 2. The van der Waals surface area contributed by atoms with Gasteiger partial charge in [0.1, 0.15) is 16.4 Å². The van der Waals surface area contributed by atoms with Crippen LogP contribution in [-0.4, -0.2) is 53.1 Å². The van der Waals surface area contributed by atoms with Crippen molar-refractivity contribution in [3.8, 4) is 17.0 Å². The number of thiophene rings is 1. The van der Waals surface area contributed by atoms with Gasteiger partial charge in [-0.05, 0) is 67.2 Å². The quantitative estimate of drug-likeness (QED) is 0.357. The number of sulfone groups is 1. The Bertz CT molecular complexity index is 1550. The third-order valence-electron chi connectivity index (χ3n) is 7.85. The van der Waals surface area contributed by atoms with Gasteiger partial charge in [0.25, 0.3) is 11.8 Å². The minimum atomic E-state index is -3.15. The molecule has 2 atom stereocenters. The molecular weight excluding hydrogens is 536 g/mol. The van der Waals surface area contributed by atoms with Gasteiger partial charge < -0.3 is 15.7 Å². The summed E-state index contributed by atoms with van der Waals surface area (Å²) in [5, 5.41) is 23.6. The summed E-state index contributed by atoms with van der Waals surface area (Å²) in [7, 11) is -3.15. The molecule has 2 aromatic heterocycles. The SMILES string of the molecule is Cc1cccc(-c2cc(C(=O)Nc3sc4c(c3C(=O)NC3CCS(=O)(=O)C3)CCC(C(C)(C)C)C4)[nH]n2)c1O. The predicted molar refractivity (Wildman–Crippen MR) is 152 cm³/mol. The van der Waals surface area contributed by atoms with Crippen LogP contribution in [-0.2, 0) is 22.7 Å². The molecule has 3 heterocycles. The summed E-state index contributed by atoms with van der Waals surface area (Å²) >= 11 is 1.41. The van der Waals surface area contributed by atoms with Crippen LogP contribution in [0.4, 0.5) is 5.00 Å². The normalized spacial score (nSPS) is 20.4. The van der Waals surface area contributed by atoms with Gasteiger partial charge in [0.15, 0.2) is 9.84 Å². The Morgan fingerprint density at radius 2 is 1.95 bits per heavy atom. The van der Waals surface area contributed by atoms with Crippen LogP contribution < -0.4 is 10.6 Å². The maximum absolute atomic E-state index is 13.5. The van der Waals surface area contributed by atoms with Crippen molar-refractivity contribution in [2.75, 3.05) is 16.8 Å². The van der Waals surface area contributed by atoms with E-state index in [4.69, 9.17) is 0 Å². The van der Waals surface area contributed by atoms with Gasteiger partial charge in [0, 0.05) is 16.5 Å². The lowest BCUT2D eigenvalue weighted by atomic mass is 9.72. The number of hydrogen-bond acceptors (Lipinski definition) is 7. The fourth-order valence-electron chi connectivity index (χ4n) is 5.43. The second-order valence-electron chi connectivity index (χ2n) is 11.7. The summed E-state index contributed by atoms with van der Waals surface area (Å²) in [6, 6.07) is 6.45. The van der Waals surface area contributed by atoms with E-state index in [9.17, 15) is 23.1 Å². The molecule has 2 amide bonds. The summed E-state index contributed by atoms with van der Waals surface area (Å²) in [4.78, 5) is 27.9. The number of anilines is 1. The van der Waals surface area contributed by atoms with Crippen LogP contribution in [0.2, 0.25) is 0 Å². The standard InChI is InChI=1S/C28H34N4O5S2/c1-15-6-5-7-18(24(15)33)20-13-21(32-31-20)25(34)30-27-23(26(35)29-17-10-11-39(36,37)14-17)19-9-8-16(28(2,3)4)12-22(19)38-27/h5-7,13,16-17,33H,8-12,14H2,1-4H3,(H,29,35)(H,30,34)(H,31,32). The number of H-pyrrole nitrogens is 1. The highest BCUT2D eigenvalue weighted by Gasteiger charge is 2.36. The molecular formula is C28H34N4O5S2. The lowest BCUT2D eigenvalue weighted by molar-refractivity contribution is 0.0941. The van der Waals surface area contributed by atoms with E-state index >= 15 is 0 Å². The number of fused-ring (bicyclic) bond motifs is 1. The molecule has 0 spiro atoms. The van der Waals surface area contributed by atoms with Gasteiger partial charge >= 0.3 is 0 Å². The molecule has 5 rings (SSSR count).